The summed E-state index contributed by atoms with van der Waals surface area (Å²) in [6, 6.07) is 5.35. The van der Waals surface area contributed by atoms with Crippen molar-refractivity contribution in [2.45, 2.75) is 31.6 Å². The molecule has 9 heteroatoms. The first-order chi connectivity index (χ1) is 11.7. The molecule has 0 saturated heterocycles. The minimum absolute atomic E-state index is 0.143. The SMILES string of the molecule is CC1(C)Oc2cc([N+](=O)[O-])sc2[C@H](NC(=O)c2ccc(F)cc2)[C@H]1O. The van der Waals surface area contributed by atoms with Gasteiger partial charge in [0.25, 0.3) is 5.91 Å². The number of benzene rings is 1. The highest BCUT2D eigenvalue weighted by Gasteiger charge is 2.46. The summed E-state index contributed by atoms with van der Waals surface area (Å²) >= 11 is 0.837. The quantitative estimate of drug-likeness (QED) is 0.642. The summed E-state index contributed by atoms with van der Waals surface area (Å²) in [6.07, 6.45) is -1.12. The number of nitrogens with zero attached hydrogens (tertiary/aromatic N) is 1. The molecule has 0 radical (unpaired) electrons. The van der Waals surface area contributed by atoms with E-state index in [0.29, 0.717) is 4.88 Å². The number of aliphatic hydroxyl groups is 1. The van der Waals surface area contributed by atoms with Crippen LogP contribution in [0.5, 0.6) is 5.75 Å². The second-order valence-corrected chi connectivity index (χ2v) is 7.24. The molecule has 2 heterocycles. The van der Waals surface area contributed by atoms with Crippen LogP contribution in [-0.4, -0.2) is 27.6 Å². The molecular weight excluding hydrogens is 351 g/mol. The van der Waals surface area contributed by atoms with Crippen molar-refractivity contribution < 1.29 is 24.0 Å². The summed E-state index contributed by atoms with van der Waals surface area (Å²) in [5, 5.41) is 24.1. The van der Waals surface area contributed by atoms with Gasteiger partial charge in [-0.3, -0.25) is 14.9 Å². The number of aliphatic hydroxyl groups excluding tert-OH is 1. The fourth-order valence-corrected chi connectivity index (χ4v) is 3.60. The predicted octanol–water partition coefficient (Wildman–Crippen LogP) is 2.80. The Morgan fingerprint density at radius 3 is 2.64 bits per heavy atom. The van der Waals surface area contributed by atoms with Crippen LogP contribution < -0.4 is 10.1 Å². The molecule has 1 aromatic carbocycles. The van der Waals surface area contributed by atoms with E-state index in [9.17, 15) is 24.4 Å². The van der Waals surface area contributed by atoms with Gasteiger partial charge < -0.3 is 15.2 Å². The van der Waals surface area contributed by atoms with Gasteiger partial charge in [-0.25, -0.2) is 4.39 Å². The molecule has 0 aliphatic carbocycles. The summed E-state index contributed by atoms with van der Waals surface area (Å²) in [4.78, 5) is 23.3. The Bertz CT molecular complexity index is 834. The fraction of sp³-hybridized carbons (Fsp3) is 0.312. The van der Waals surface area contributed by atoms with Crippen molar-refractivity contribution in [3.8, 4) is 5.75 Å². The third kappa shape index (κ3) is 3.20. The van der Waals surface area contributed by atoms with Gasteiger partial charge in [-0.1, -0.05) is 11.3 Å². The van der Waals surface area contributed by atoms with Crippen molar-refractivity contribution in [3.63, 3.8) is 0 Å². The first-order valence-electron chi connectivity index (χ1n) is 7.40. The highest BCUT2D eigenvalue weighted by Crippen LogP contribution is 2.47. The number of carbonyl (C=O) groups excluding carboxylic acids is 1. The smallest absolute Gasteiger partial charge is 0.328 e. The molecule has 1 aliphatic rings. The van der Waals surface area contributed by atoms with Crippen LogP contribution in [0.2, 0.25) is 0 Å². The molecule has 132 valence electrons. The van der Waals surface area contributed by atoms with Gasteiger partial charge in [0, 0.05) is 5.56 Å². The Morgan fingerprint density at radius 1 is 1.40 bits per heavy atom. The van der Waals surface area contributed by atoms with Gasteiger partial charge in [0.2, 0.25) is 0 Å². The summed E-state index contributed by atoms with van der Waals surface area (Å²) in [5.74, 6) is -0.736. The van der Waals surface area contributed by atoms with Gasteiger partial charge in [-0.05, 0) is 38.1 Å². The Balaban J connectivity index is 1.95. The van der Waals surface area contributed by atoms with Crippen LogP contribution in [0.1, 0.15) is 35.1 Å². The lowest BCUT2D eigenvalue weighted by Gasteiger charge is -2.40. The molecule has 2 N–H and O–H groups in total. The van der Waals surface area contributed by atoms with E-state index in [1.54, 1.807) is 13.8 Å². The van der Waals surface area contributed by atoms with Crippen molar-refractivity contribution in [1.82, 2.24) is 5.32 Å². The molecule has 0 unspecified atom stereocenters. The van der Waals surface area contributed by atoms with Crippen LogP contribution in [0, 0.1) is 15.9 Å². The minimum Gasteiger partial charge on any atom is -0.484 e. The predicted molar refractivity (Wildman–Crippen MR) is 88.3 cm³/mol. The number of nitro groups is 1. The molecule has 1 amide bonds. The van der Waals surface area contributed by atoms with Gasteiger partial charge in [0.1, 0.15) is 23.3 Å². The number of rotatable bonds is 3. The molecule has 0 saturated carbocycles. The maximum absolute atomic E-state index is 13.0. The highest BCUT2D eigenvalue weighted by atomic mass is 32.1. The van der Waals surface area contributed by atoms with E-state index < -0.39 is 34.4 Å². The van der Waals surface area contributed by atoms with Gasteiger partial charge in [-0.2, -0.15) is 0 Å². The zero-order valence-electron chi connectivity index (χ0n) is 13.4. The second-order valence-electron chi connectivity index (χ2n) is 6.18. The number of amides is 1. The lowest BCUT2D eigenvalue weighted by atomic mass is 9.90. The van der Waals surface area contributed by atoms with E-state index >= 15 is 0 Å². The third-order valence-electron chi connectivity index (χ3n) is 3.97. The minimum atomic E-state index is -1.12. The van der Waals surface area contributed by atoms with E-state index in [2.05, 4.69) is 5.32 Å². The van der Waals surface area contributed by atoms with E-state index in [4.69, 9.17) is 4.74 Å². The van der Waals surface area contributed by atoms with Gasteiger partial charge >= 0.3 is 5.00 Å². The number of nitrogens with one attached hydrogen (secondary N) is 1. The monoisotopic (exact) mass is 366 g/mol. The number of thiophene rings is 1. The molecular formula is C16H15FN2O5S. The number of ether oxygens (including phenoxy) is 1. The molecule has 1 aliphatic heterocycles. The Morgan fingerprint density at radius 2 is 2.04 bits per heavy atom. The number of hydrogen-bond donors (Lipinski definition) is 2. The summed E-state index contributed by atoms with van der Waals surface area (Å²) in [7, 11) is 0. The van der Waals surface area contributed by atoms with Crippen LogP contribution in [0.4, 0.5) is 9.39 Å². The zero-order valence-corrected chi connectivity index (χ0v) is 14.2. The first kappa shape index (κ1) is 17.3. The average molecular weight is 366 g/mol. The summed E-state index contributed by atoms with van der Waals surface area (Å²) < 4.78 is 18.6. The molecule has 2 atom stereocenters. The Labute approximate surface area is 146 Å². The fourth-order valence-electron chi connectivity index (χ4n) is 2.62. The molecule has 0 fully saturated rings. The number of carbonyl (C=O) groups is 1. The molecule has 2 aromatic rings. The number of hydrogen-bond acceptors (Lipinski definition) is 6. The molecule has 7 nitrogen and oxygen atoms in total. The van der Waals surface area contributed by atoms with Crippen LogP contribution in [0.3, 0.4) is 0 Å². The van der Waals surface area contributed by atoms with Gasteiger partial charge in [0.15, 0.2) is 0 Å². The summed E-state index contributed by atoms with van der Waals surface area (Å²) in [5.41, 5.74) is -0.839. The van der Waals surface area contributed by atoms with E-state index in [1.165, 1.54) is 18.2 Å². The lowest BCUT2D eigenvalue weighted by molar-refractivity contribution is -0.380. The van der Waals surface area contributed by atoms with Crippen LogP contribution >= 0.6 is 11.3 Å². The highest BCUT2D eigenvalue weighted by molar-refractivity contribution is 7.15. The largest absolute Gasteiger partial charge is 0.484 e. The Kier molecular flexibility index (Phi) is 4.21. The normalized spacial score (nSPS) is 21.1. The van der Waals surface area contributed by atoms with E-state index in [0.717, 1.165) is 23.5 Å². The summed E-state index contributed by atoms with van der Waals surface area (Å²) in [6.45, 7) is 3.25. The van der Waals surface area contributed by atoms with Crippen LogP contribution in [0.25, 0.3) is 0 Å². The van der Waals surface area contributed by atoms with Gasteiger partial charge in [0.05, 0.1) is 21.9 Å². The Hall–Kier alpha value is -2.52. The lowest BCUT2D eigenvalue weighted by Crippen LogP contribution is -2.53. The van der Waals surface area contributed by atoms with Crippen LogP contribution in [-0.2, 0) is 0 Å². The average Bonchev–Trinajstić information content (AvgIpc) is 2.95. The van der Waals surface area contributed by atoms with Crippen molar-refractivity contribution in [2.75, 3.05) is 0 Å². The topological polar surface area (TPSA) is 102 Å². The first-order valence-corrected chi connectivity index (χ1v) is 8.22. The van der Waals surface area contributed by atoms with E-state index in [-0.39, 0.29) is 16.3 Å². The molecule has 0 spiro atoms. The standard InChI is InChI=1S/C16H15FN2O5S/c1-16(2)14(20)12(13-10(24-16)7-11(25-13)19(22)23)18-15(21)8-3-5-9(17)6-4-8/h3-7,12,14,20H,1-2H3,(H,18,21)/t12-,14+/m0/s1. The number of fused-ring (bicyclic) bond motifs is 1. The number of halogens is 1. The van der Waals surface area contributed by atoms with Crippen molar-refractivity contribution in [1.29, 1.82) is 0 Å². The van der Waals surface area contributed by atoms with Crippen molar-refractivity contribution >= 4 is 22.2 Å². The van der Waals surface area contributed by atoms with E-state index in [1.807, 2.05) is 0 Å². The third-order valence-corrected chi connectivity index (χ3v) is 5.12. The maximum Gasteiger partial charge on any atom is 0.328 e. The van der Waals surface area contributed by atoms with Crippen molar-refractivity contribution in [2.24, 2.45) is 0 Å². The van der Waals surface area contributed by atoms with Crippen LogP contribution in [0.15, 0.2) is 30.3 Å². The van der Waals surface area contributed by atoms with Gasteiger partial charge in [-0.15, -0.1) is 0 Å². The zero-order chi connectivity index (χ0) is 18.4. The van der Waals surface area contributed by atoms with Crippen molar-refractivity contribution in [3.05, 3.63) is 56.7 Å². The molecule has 1 aromatic heterocycles. The maximum atomic E-state index is 13.0. The second kappa shape index (κ2) is 6.08. The molecule has 0 bridgehead atoms. The molecule has 3 rings (SSSR count). The molecule has 25 heavy (non-hydrogen) atoms.